The van der Waals surface area contributed by atoms with Crippen LogP contribution in [0.15, 0.2) is 40.1 Å². The van der Waals surface area contributed by atoms with E-state index in [2.05, 4.69) is 25.4 Å². The summed E-state index contributed by atoms with van der Waals surface area (Å²) in [7, 11) is 1.73. The fourth-order valence-corrected chi connectivity index (χ4v) is 3.68. The number of ketones is 1. The molecule has 0 saturated carbocycles. The minimum Gasteiger partial charge on any atom is -0.383 e. The number of carbonyl (C=O) groups excluding carboxylic acids is 1. The predicted octanol–water partition coefficient (Wildman–Crippen LogP) is 3.84. The van der Waals surface area contributed by atoms with Gasteiger partial charge >= 0.3 is 6.18 Å². The highest BCUT2D eigenvalue weighted by molar-refractivity contribution is 6.05. The van der Waals surface area contributed by atoms with Crippen molar-refractivity contribution in [3.05, 3.63) is 64.4 Å². The van der Waals surface area contributed by atoms with Crippen molar-refractivity contribution in [2.24, 2.45) is 4.99 Å². The lowest BCUT2D eigenvalue weighted by molar-refractivity contribution is -0.137. The number of halogens is 3. The molecule has 33 heavy (non-hydrogen) atoms. The average molecular weight is 458 g/mol. The standard InChI is InChI=1S/C22H21F3N6O2/c1-11(5-18(32)20-14(9-27-2)21(26)29-10-28-20)19-8-17(31-33-19)16-7-12-6-13(22(23,24)25)3-4-15(12)30-16/h3-4,6,8,10-11,27H,5,7,9H2,1-2H3,(H2,26,28,29)/t11-/m1/s1. The van der Waals surface area contributed by atoms with Gasteiger partial charge in [0.25, 0.3) is 0 Å². The Balaban J connectivity index is 1.48. The molecule has 0 fully saturated rings. The van der Waals surface area contributed by atoms with Crippen molar-refractivity contribution in [2.75, 3.05) is 12.8 Å². The van der Waals surface area contributed by atoms with E-state index in [-0.39, 0.29) is 36.1 Å². The van der Waals surface area contributed by atoms with Gasteiger partial charge in [-0.2, -0.15) is 13.2 Å². The Labute approximate surface area is 187 Å². The molecular weight excluding hydrogens is 437 g/mol. The SMILES string of the molecule is CNCc1c(N)ncnc1C(=O)C[C@@H](C)c1cc(C2=Nc3ccc(C(F)(F)F)cc3C2)no1. The number of aromatic nitrogens is 3. The molecule has 3 aromatic rings. The third-order valence-corrected chi connectivity index (χ3v) is 5.42. The number of hydrogen-bond donors (Lipinski definition) is 2. The maximum Gasteiger partial charge on any atom is 0.416 e. The number of nitrogens with two attached hydrogens (primary N) is 1. The predicted molar refractivity (Wildman–Crippen MR) is 114 cm³/mol. The second-order valence-corrected chi connectivity index (χ2v) is 7.84. The van der Waals surface area contributed by atoms with Gasteiger partial charge in [-0.25, -0.2) is 9.97 Å². The van der Waals surface area contributed by atoms with Crippen molar-refractivity contribution < 1.29 is 22.5 Å². The summed E-state index contributed by atoms with van der Waals surface area (Å²) in [5, 5.41) is 6.96. The molecule has 1 aromatic carbocycles. The van der Waals surface area contributed by atoms with Crippen LogP contribution in [-0.2, 0) is 19.1 Å². The van der Waals surface area contributed by atoms with Gasteiger partial charge in [-0.15, -0.1) is 0 Å². The average Bonchev–Trinajstić information content (AvgIpc) is 3.41. The van der Waals surface area contributed by atoms with Gasteiger partial charge < -0.3 is 15.6 Å². The van der Waals surface area contributed by atoms with Crippen LogP contribution < -0.4 is 11.1 Å². The quantitative estimate of drug-likeness (QED) is 0.516. The molecule has 0 bridgehead atoms. The molecule has 1 atom stereocenters. The van der Waals surface area contributed by atoms with E-state index in [1.807, 2.05) is 6.92 Å². The van der Waals surface area contributed by atoms with Crippen LogP contribution in [0.25, 0.3) is 0 Å². The van der Waals surface area contributed by atoms with Crippen molar-refractivity contribution in [2.45, 2.75) is 38.4 Å². The molecular formula is C22H21F3N6O2. The number of hydrogen-bond acceptors (Lipinski definition) is 8. The Morgan fingerprint density at radius 3 is 2.79 bits per heavy atom. The van der Waals surface area contributed by atoms with Gasteiger partial charge in [0.2, 0.25) is 0 Å². The van der Waals surface area contributed by atoms with Crippen LogP contribution >= 0.6 is 0 Å². The van der Waals surface area contributed by atoms with Gasteiger partial charge in [-0.1, -0.05) is 12.1 Å². The van der Waals surface area contributed by atoms with Gasteiger partial charge in [-0.05, 0) is 30.8 Å². The highest BCUT2D eigenvalue weighted by atomic mass is 19.4. The van der Waals surface area contributed by atoms with E-state index in [0.717, 1.165) is 12.1 Å². The minimum absolute atomic E-state index is 0.101. The summed E-state index contributed by atoms with van der Waals surface area (Å²) in [4.78, 5) is 25.3. The number of fused-ring (bicyclic) bond motifs is 1. The van der Waals surface area contributed by atoms with Crippen LogP contribution in [-0.4, -0.2) is 33.7 Å². The van der Waals surface area contributed by atoms with E-state index in [1.165, 1.54) is 12.4 Å². The van der Waals surface area contributed by atoms with Crippen LogP contribution in [0.4, 0.5) is 24.7 Å². The van der Waals surface area contributed by atoms with Gasteiger partial charge in [0.1, 0.15) is 29.3 Å². The number of alkyl halides is 3. The number of aliphatic imine (C=N–C) groups is 1. The van der Waals surface area contributed by atoms with Crippen LogP contribution in [0.1, 0.15) is 57.9 Å². The van der Waals surface area contributed by atoms with Crippen molar-refractivity contribution in [1.82, 2.24) is 20.4 Å². The summed E-state index contributed by atoms with van der Waals surface area (Å²) in [6, 6.07) is 5.12. The molecule has 0 radical (unpaired) electrons. The number of Topliss-reactive ketones (excluding diaryl/α,β-unsaturated/α-hetero) is 1. The van der Waals surface area contributed by atoms with Gasteiger partial charge in [0, 0.05) is 36.9 Å². The smallest absolute Gasteiger partial charge is 0.383 e. The number of anilines is 1. The lowest BCUT2D eigenvalue weighted by atomic mass is 9.97. The van der Waals surface area contributed by atoms with Crippen LogP contribution in [0.3, 0.4) is 0 Å². The van der Waals surface area contributed by atoms with Crippen LogP contribution in [0.2, 0.25) is 0 Å². The number of nitrogens with zero attached hydrogens (tertiary/aromatic N) is 4. The van der Waals surface area contributed by atoms with E-state index >= 15 is 0 Å². The molecule has 0 spiro atoms. The molecule has 0 aliphatic carbocycles. The van der Waals surface area contributed by atoms with Crippen molar-refractivity contribution in [3.8, 4) is 0 Å². The number of rotatable bonds is 7. The molecule has 11 heteroatoms. The third-order valence-electron chi connectivity index (χ3n) is 5.42. The van der Waals surface area contributed by atoms with E-state index in [0.29, 0.717) is 40.5 Å². The van der Waals surface area contributed by atoms with E-state index in [4.69, 9.17) is 10.3 Å². The normalized spacial score (nSPS) is 14.2. The summed E-state index contributed by atoms with van der Waals surface area (Å²) in [6.45, 7) is 2.16. The Kier molecular flexibility index (Phi) is 5.98. The molecule has 8 nitrogen and oxygen atoms in total. The van der Waals surface area contributed by atoms with Crippen LogP contribution in [0, 0.1) is 0 Å². The summed E-state index contributed by atoms with van der Waals surface area (Å²) in [6.07, 6.45) is -2.85. The van der Waals surface area contributed by atoms with Gasteiger partial charge in [0.15, 0.2) is 5.78 Å². The van der Waals surface area contributed by atoms with Crippen molar-refractivity contribution in [1.29, 1.82) is 0 Å². The molecule has 0 saturated heterocycles. The van der Waals surface area contributed by atoms with Crippen LogP contribution in [0.5, 0.6) is 0 Å². The second kappa shape index (κ2) is 8.74. The van der Waals surface area contributed by atoms with E-state index in [1.54, 1.807) is 13.1 Å². The molecule has 4 rings (SSSR count). The number of carbonyl (C=O) groups is 1. The molecule has 1 aliphatic rings. The molecule has 3 heterocycles. The third kappa shape index (κ3) is 4.63. The largest absolute Gasteiger partial charge is 0.416 e. The maximum absolute atomic E-state index is 13.0. The molecule has 1 aliphatic heterocycles. The lowest BCUT2D eigenvalue weighted by Gasteiger charge is -2.11. The summed E-state index contributed by atoms with van der Waals surface area (Å²) in [5.74, 6) is 0.165. The minimum atomic E-state index is -4.41. The van der Waals surface area contributed by atoms with Gasteiger partial charge in [0.05, 0.1) is 17.0 Å². The molecule has 172 valence electrons. The zero-order chi connectivity index (χ0) is 23.8. The first-order valence-electron chi connectivity index (χ1n) is 10.2. The van der Waals surface area contributed by atoms with E-state index < -0.39 is 11.7 Å². The second-order valence-electron chi connectivity index (χ2n) is 7.84. The number of nitrogen functional groups attached to an aromatic ring is 1. The first-order chi connectivity index (χ1) is 15.7. The zero-order valence-electron chi connectivity index (χ0n) is 17.9. The topological polar surface area (TPSA) is 119 Å². The lowest BCUT2D eigenvalue weighted by Crippen LogP contribution is -2.17. The molecule has 0 unspecified atom stereocenters. The Bertz CT molecular complexity index is 1240. The fourth-order valence-electron chi connectivity index (χ4n) is 3.68. The van der Waals surface area contributed by atoms with Gasteiger partial charge in [-0.3, -0.25) is 9.79 Å². The molecule has 0 amide bonds. The number of benzene rings is 1. The highest BCUT2D eigenvalue weighted by Gasteiger charge is 2.32. The first-order valence-corrected chi connectivity index (χ1v) is 10.2. The summed E-state index contributed by atoms with van der Waals surface area (Å²) < 4.78 is 44.3. The summed E-state index contributed by atoms with van der Waals surface area (Å²) >= 11 is 0. The van der Waals surface area contributed by atoms with Crippen molar-refractivity contribution in [3.63, 3.8) is 0 Å². The maximum atomic E-state index is 13.0. The fraction of sp³-hybridized carbons (Fsp3) is 0.318. The summed E-state index contributed by atoms with van der Waals surface area (Å²) in [5.41, 5.74) is 7.84. The zero-order valence-corrected chi connectivity index (χ0v) is 17.9. The molecule has 2 aromatic heterocycles. The van der Waals surface area contributed by atoms with E-state index in [9.17, 15) is 18.0 Å². The van der Waals surface area contributed by atoms with Crippen molar-refractivity contribution >= 4 is 23.0 Å². The molecule has 3 N–H and O–H groups in total. The number of nitrogens with one attached hydrogen (secondary N) is 1. The highest BCUT2D eigenvalue weighted by Crippen LogP contribution is 2.36. The Morgan fingerprint density at radius 2 is 2.06 bits per heavy atom. The first kappa shape index (κ1) is 22.6. The Hall–Kier alpha value is -3.60. The monoisotopic (exact) mass is 458 g/mol. The Morgan fingerprint density at radius 1 is 1.27 bits per heavy atom.